The Balaban J connectivity index is 1.55. The number of aryl methyl sites for hydroxylation is 2. The van der Waals surface area contributed by atoms with Gasteiger partial charge in [-0.05, 0) is 55.3 Å². The number of anilines is 1. The molecule has 3 aromatic carbocycles. The maximum absolute atomic E-state index is 14.6. The molecule has 6 nitrogen and oxygen atoms in total. The molecule has 0 unspecified atom stereocenters. The van der Waals surface area contributed by atoms with Crippen molar-refractivity contribution >= 4 is 11.7 Å². The molecule has 0 fully saturated rings. The first-order valence-electron chi connectivity index (χ1n) is 12.9. The summed E-state index contributed by atoms with van der Waals surface area (Å²) >= 11 is 0. The largest absolute Gasteiger partial charge is 0.323 e. The Bertz CT molecular complexity index is 1660. The fraction of sp³-hybridized carbons (Fsp3) is 0.161. The van der Waals surface area contributed by atoms with Crippen LogP contribution in [0.15, 0.2) is 91.1 Å². The van der Waals surface area contributed by atoms with Gasteiger partial charge in [-0.25, -0.2) is 18.3 Å². The quantitative estimate of drug-likeness (QED) is 0.277. The maximum atomic E-state index is 14.6. The minimum absolute atomic E-state index is 0.210. The highest BCUT2D eigenvalue weighted by Crippen LogP contribution is 2.39. The second-order valence-corrected chi connectivity index (χ2v) is 9.65. The van der Waals surface area contributed by atoms with Crippen molar-refractivity contribution in [2.24, 2.45) is 0 Å². The summed E-state index contributed by atoms with van der Waals surface area (Å²) in [6.07, 6.45) is 2.63. The zero-order valence-electron chi connectivity index (χ0n) is 21.6. The predicted molar refractivity (Wildman–Crippen MR) is 146 cm³/mol. The third kappa shape index (κ3) is 4.37. The number of benzene rings is 3. The Morgan fingerprint density at radius 1 is 1.00 bits per heavy atom. The van der Waals surface area contributed by atoms with Gasteiger partial charge in [-0.1, -0.05) is 55.0 Å². The lowest BCUT2D eigenvalue weighted by Gasteiger charge is -2.31. The highest BCUT2D eigenvalue weighted by molar-refractivity contribution is 5.90. The number of fused-ring (bicyclic) bond motifs is 3. The molecule has 2 aromatic heterocycles. The van der Waals surface area contributed by atoms with E-state index in [1.54, 1.807) is 4.90 Å². The van der Waals surface area contributed by atoms with Crippen LogP contribution >= 0.6 is 0 Å². The minimum Gasteiger partial charge on any atom is -0.307 e. The second-order valence-electron chi connectivity index (χ2n) is 9.65. The van der Waals surface area contributed by atoms with Crippen LogP contribution in [0.2, 0.25) is 0 Å². The van der Waals surface area contributed by atoms with Crippen molar-refractivity contribution < 1.29 is 13.6 Å². The number of halogens is 2. The van der Waals surface area contributed by atoms with E-state index in [0.29, 0.717) is 6.42 Å². The van der Waals surface area contributed by atoms with Crippen molar-refractivity contribution in [2.45, 2.75) is 32.9 Å². The molecule has 0 radical (unpaired) electrons. The number of rotatable bonds is 4. The lowest BCUT2D eigenvalue weighted by atomic mass is 10.0. The molecular weight excluding hydrogens is 496 g/mol. The number of aromatic nitrogens is 3. The number of nitrogens with zero attached hydrogens (tertiary/aromatic N) is 4. The van der Waals surface area contributed by atoms with Crippen molar-refractivity contribution in [3.63, 3.8) is 0 Å². The van der Waals surface area contributed by atoms with Crippen LogP contribution in [0.4, 0.5) is 19.3 Å². The topological polar surface area (TPSA) is 55.1 Å². The first-order chi connectivity index (χ1) is 18.9. The van der Waals surface area contributed by atoms with E-state index in [4.69, 9.17) is 5.10 Å². The van der Waals surface area contributed by atoms with Gasteiger partial charge in [0.1, 0.15) is 17.5 Å². The first-order valence-corrected chi connectivity index (χ1v) is 12.9. The molecule has 1 atom stereocenters. The smallest absolute Gasteiger partial charge is 0.307 e. The SMILES string of the molecule is CCc1nn(-c2ccccc2)c2c1CN(C(=O)Nc1cc(F)ccc1F)[C@@H](c1ccc(C)cc1)c1cccn1-2. The van der Waals surface area contributed by atoms with Gasteiger partial charge >= 0.3 is 6.03 Å². The van der Waals surface area contributed by atoms with Gasteiger partial charge in [0.25, 0.3) is 0 Å². The summed E-state index contributed by atoms with van der Waals surface area (Å²) < 4.78 is 32.5. The number of nitrogens with one attached hydrogen (secondary N) is 1. The number of carbonyl (C=O) groups is 1. The van der Waals surface area contributed by atoms with Gasteiger partial charge < -0.3 is 14.8 Å². The van der Waals surface area contributed by atoms with Crippen molar-refractivity contribution in [3.8, 4) is 11.5 Å². The van der Waals surface area contributed by atoms with Gasteiger partial charge in [0.05, 0.1) is 35.3 Å². The van der Waals surface area contributed by atoms with E-state index in [-0.39, 0.29) is 12.2 Å². The Labute approximate surface area is 225 Å². The molecule has 1 aliphatic heterocycles. The molecule has 0 spiro atoms. The molecule has 0 saturated heterocycles. The molecule has 8 heteroatoms. The third-order valence-electron chi connectivity index (χ3n) is 7.13. The van der Waals surface area contributed by atoms with Crippen molar-refractivity contribution in [1.82, 2.24) is 19.2 Å². The zero-order chi connectivity index (χ0) is 27.1. The summed E-state index contributed by atoms with van der Waals surface area (Å²) in [4.78, 5) is 15.6. The fourth-order valence-electron chi connectivity index (χ4n) is 5.23. The molecule has 0 saturated carbocycles. The molecule has 5 aromatic rings. The molecule has 3 heterocycles. The lowest BCUT2D eigenvalue weighted by Crippen LogP contribution is -2.38. The number of hydrogen-bond acceptors (Lipinski definition) is 2. The Kier molecular flexibility index (Phi) is 6.23. The average molecular weight is 524 g/mol. The van der Waals surface area contributed by atoms with E-state index in [1.165, 1.54) is 0 Å². The van der Waals surface area contributed by atoms with Crippen LogP contribution < -0.4 is 5.32 Å². The average Bonchev–Trinajstić information content (AvgIpc) is 3.53. The van der Waals surface area contributed by atoms with E-state index in [1.807, 2.05) is 91.5 Å². The molecule has 1 N–H and O–H groups in total. The number of hydrogen-bond donors (Lipinski definition) is 1. The van der Waals surface area contributed by atoms with Gasteiger partial charge in [0, 0.05) is 17.8 Å². The van der Waals surface area contributed by atoms with Crippen LogP contribution in [0.25, 0.3) is 11.5 Å². The summed E-state index contributed by atoms with van der Waals surface area (Å²) in [5.41, 5.74) is 5.29. The summed E-state index contributed by atoms with van der Waals surface area (Å²) in [6.45, 7) is 4.26. The van der Waals surface area contributed by atoms with Crippen LogP contribution in [0, 0.1) is 18.6 Å². The highest BCUT2D eigenvalue weighted by atomic mass is 19.1. The Morgan fingerprint density at radius 2 is 1.77 bits per heavy atom. The van der Waals surface area contributed by atoms with E-state index in [0.717, 1.165) is 57.8 Å². The molecule has 2 amide bonds. The molecule has 39 heavy (non-hydrogen) atoms. The summed E-state index contributed by atoms with van der Waals surface area (Å²) in [5.74, 6) is -0.490. The lowest BCUT2D eigenvalue weighted by molar-refractivity contribution is 0.194. The van der Waals surface area contributed by atoms with Crippen LogP contribution in [0.1, 0.15) is 41.0 Å². The van der Waals surface area contributed by atoms with Crippen LogP contribution in [-0.4, -0.2) is 25.3 Å². The Morgan fingerprint density at radius 3 is 2.51 bits per heavy atom. The Hall–Kier alpha value is -4.72. The molecule has 0 aliphatic carbocycles. The summed E-state index contributed by atoms with van der Waals surface area (Å²) in [7, 11) is 0. The van der Waals surface area contributed by atoms with Crippen molar-refractivity contribution in [3.05, 3.63) is 131 Å². The second kappa shape index (κ2) is 9.87. The van der Waals surface area contributed by atoms with Crippen LogP contribution in [0.5, 0.6) is 0 Å². The van der Waals surface area contributed by atoms with Crippen molar-refractivity contribution in [1.29, 1.82) is 0 Å². The highest BCUT2D eigenvalue weighted by Gasteiger charge is 2.36. The van der Waals surface area contributed by atoms with E-state index in [2.05, 4.69) is 9.88 Å². The number of urea groups is 1. The van der Waals surface area contributed by atoms with Crippen LogP contribution in [-0.2, 0) is 13.0 Å². The van der Waals surface area contributed by atoms with Gasteiger partial charge in [-0.2, -0.15) is 5.10 Å². The van der Waals surface area contributed by atoms with Crippen LogP contribution in [0.3, 0.4) is 0 Å². The summed E-state index contributed by atoms with van der Waals surface area (Å²) in [5, 5.41) is 7.57. The van der Waals surface area contributed by atoms with Gasteiger partial charge in [0.2, 0.25) is 0 Å². The number of para-hydroxylation sites is 1. The van der Waals surface area contributed by atoms with E-state index >= 15 is 0 Å². The molecule has 6 rings (SSSR count). The van der Waals surface area contributed by atoms with Gasteiger partial charge in [0.15, 0.2) is 0 Å². The predicted octanol–water partition coefficient (Wildman–Crippen LogP) is 6.95. The molecule has 196 valence electrons. The van der Waals surface area contributed by atoms with Crippen molar-refractivity contribution in [2.75, 3.05) is 5.32 Å². The minimum atomic E-state index is -0.707. The third-order valence-corrected chi connectivity index (χ3v) is 7.13. The normalized spacial score (nSPS) is 14.5. The monoisotopic (exact) mass is 523 g/mol. The molecule has 1 aliphatic rings. The van der Waals surface area contributed by atoms with Gasteiger partial charge in [-0.3, -0.25) is 0 Å². The molecular formula is C31H27F2N5O. The number of carbonyl (C=O) groups excluding carboxylic acids is 1. The standard InChI is InChI=1S/C31H27F2N5O/c1-3-26-24-19-37(31(39)34-27-18-22(32)15-16-25(27)33)29(21-13-11-20(2)12-14-21)28-10-7-17-36(28)30(24)38(35-26)23-8-5-4-6-9-23/h4-18,29H,3,19H2,1-2H3,(H,34,39)/t29-/m0/s1. The zero-order valence-corrected chi connectivity index (χ0v) is 21.6. The van der Waals surface area contributed by atoms with Gasteiger partial charge in [-0.15, -0.1) is 0 Å². The first kappa shape index (κ1) is 24.6. The number of amides is 2. The maximum Gasteiger partial charge on any atom is 0.323 e. The fourth-order valence-corrected chi connectivity index (χ4v) is 5.23. The van der Waals surface area contributed by atoms with E-state index in [9.17, 15) is 13.6 Å². The molecule has 0 bridgehead atoms. The summed E-state index contributed by atoms with van der Waals surface area (Å²) in [6, 6.07) is 23.8. The van der Waals surface area contributed by atoms with E-state index < -0.39 is 23.7 Å².